The highest BCUT2D eigenvalue weighted by Gasteiger charge is 2.44. The van der Waals surface area contributed by atoms with Crippen molar-refractivity contribution in [1.29, 1.82) is 0 Å². The maximum atomic E-state index is 13.1. The Balaban J connectivity index is 1.49. The average Bonchev–Trinajstić information content (AvgIpc) is 3.44. The molecule has 0 spiro atoms. The Morgan fingerprint density at radius 3 is 2.17 bits per heavy atom. The lowest BCUT2D eigenvalue weighted by Gasteiger charge is -2.25. The van der Waals surface area contributed by atoms with E-state index in [1.807, 2.05) is 0 Å². The third kappa shape index (κ3) is 4.38. The Morgan fingerprint density at radius 1 is 0.971 bits per heavy atom. The number of hydrogen-bond acceptors (Lipinski definition) is 8. The van der Waals surface area contributed by atoms with Gasteiger partial charge in [0.1, 0.15) is 6.33 Å². The summed E-state index contributed by atoms with van der Waals surface area (Å²) in [6.07, 6.45) is 1.96. The number of Topliss-reactive ketones (excluding diaryl/α,β-unsaturated/α-hetero) is 1. The highest BCUT2D eigenvalue weighted by atomic mass is 16.5. The zero-order chi connectivity index (χ0) is 25.2. The van der Waals surface area contributed by atoms with Crippen molar-refractivity contribution in [3.05, 3.63) is 89.5 Å². The van der Waals surface area contributed by atoms with Crippen molar-refractivity contribution in [2.24, 2.45) is 5.73 Å². The fourth-order valence-corrected chi connectivity index (χ4v) is 3.93. The van der Waals surface area contributed by atoms with Crippen molar-refractivity contribution < 1.29 is 28.7 Å². The number of ketones is 1. The number of nitrogens with zero attached hydrogens (tertiary/aromatic N) is 3. The number of amides is 2. The number of imide groups is 1. The van der Waals surface area contributed by atoms with E-state index in [-0.39, 0.29) is 42.1 Å². The molecular formula is C25H22N4O6. The van der Waals surface area contributed by atoms with Crippen LogP contribution in [0.1, 0.15) is 43.2 Å². The van der Waals surface area contributed by atoms with Crippen LogP contribution < -0.4 is 5.73 Å². The van der Waals surface area contributed by atoms with Crippen molar-refractivity contribution in [3.63, 3.8) is 0 Å². The lowest BCUT2D eigenvalue weighted by Crippen LogP contribution is -2.58. The van der Waals surface area contributed by atoms with E-state index in [9.17, 15) is 24.0 Å². The minimum Gasteiger partial charge on any atom is -0.467 e. The summed E-state index contributed by atoms with van der Waals surface area (Å²) in [5.41, 5.74) is 5.25. The van der Waals surface area contributed by atoms with Gasteiger partial charge in [0.25, 0.3) is 17.7 Å². The van der Waals surface area contributed by atoms with Gasteiger partial charge in [0, 0.05) is 31.1 Å². The molecule has 2 amide bonds. The molecule has 1 atom stereocenters. The number of carbonyl (C=O) groups is 5. The number of carbonyl (C=O) groups excluding carboxylic acids is 5. The smallest absolute Gasteiger partial charge is 0.334 e. The molecule has 1 aromatic heterocycles. The average molecular weight is 474 g/mol. The highest BCUT2D eigenvalue weighted by Crippen LogP contribution is 2.23. The first-order valence-corrected chi connectivity index (χ1v) is 10.7. The Labute approximate surface area is 200 Å². The Morgan fingerprint density at radius 2 is 1.57 bits per heavy atom. The van der Waals surface area contributed by atoms with Crippen LogP contribution in [0.15, 0.2) is 67.1 Å². The van der Waals surface area contributed by atoms with Crippen LogP contribution in [0.25, 0.3) is 0 Å². The minimum atomic E-state index is -2.12. The van der Waals surface area contributed by atoms with Gasteiger partial charge in [-0.05, 0) is 24.3 Å². The molecule has 0 bridgehead atoms. The zero-order valence-corrected chi connectivity index (χ0v) is 18.8. The van der Waals surface area contributed by atoms with Gasteiger partial charge in [-0.1, -0.05) is 30.3 Å². The first kappa shape index (κ1) is 23.7. The minimum absolute atomic E-state index is 0.219. The summed E-state index contributed by atoms with van der Waals surface area (Å²) in [4.78, 5) is 68.4. The molecule has 1 unspecified atom stereocenters. The second-order valence-corrected chi connectivity index (χ2v) is 8.06. The van der Waals surface area contributed by atoms with Gasteiger partial charge in [-0.25, -0.2) is 9.78 Å². The Kier molecular flexibility index (Phi) is 6.39. The second kappa shape index (κ2) is 9.43. The van der Waals surface area contributed by atoms with Gasteiger partial charge in [0.15, 0.2) is 11.3 Å². The summed E-state index contributed by atoms with van der Waals surface area (Å²) >= 11 is 0. The van der Waals surface area contributed by atoms with Crippen LogP contribution in [0, 0.1) is 0 Å². The van der Waals surface area contributed by atoms with E-state index in [4.69, 9.17) is 10.5 Å². The number of esters is 1. The SMILES string of the molecule is COC(=O)C(N)(Cc1cn(C(=O)c2ccccc2)cn1)C(=O)CCN1C(=O)c2ccccc2C1=O. The molecule has 0 saturated heterocycles. The summed E-state index contributed by atoms with van der Waals surface area (Å²) in [6, 6.07) is 14.9. The van der Waals surface area contributed by atoms with E-state index in [0.29, 0.717) is 5.56 Å². The number of fused-ring (bicyclic) bond motifs is 1. The number of imidazole rings is 1. The molecule has 10 nitrogen and oxygen atoms in total. The van der Waals surface area contributed by atoms with Crippen molar-refractivity contribution >= 4 is 29.5 Å². The summed E-state index contributed by atoms with van der Waals surface area (Å²) in [7, 11) is 1.10. The predicted molar refractivity (Wildman–Crippen MR) is 122 cm³/mol. The normalized spacial score (nSPS) is 14.4. The first-order valence-electron chi connectivity index (χ1n) is 10.7. The molecule has 1 aliphatic heterocycles. The topological polar surface area (TPSA) is 142 Å². The molecule has 4 rings (SSSR count). The molecule has 2 heterocycles. The Bertz CT molecular complexity index is 1300. The van der Waals surface area contributed by atoms with E-state index in [2.05, 4.69) is 4.98 Å². The first-order chi connectivity index (χ1) is 16.8. The monoisotopic (exact) mass is 474 g/mol. The predicted octanol–water partition coefficient (Wildman–Crippen LogP) is 1.24. The molecule has 2 N–H and O–H groups in total. The summed E-state index contributed by atoms with van der Waals surface area (Å²) in [5.74, 6) is -3.10. The van der Waals surface area contributed by atoms with Crippen LogP contribution in [0.2, 0.25) is 0 Å². The van der Waals surface area contributed by atoms with E-state index in [1.54, 1.807) is 42.5 Å². The maximum Gasteiger partial charge on any atom is 0.334 e. The van der Waals surface area contributed by atoms with Gasteiger partial charge in [0.2, 0.25) is 0 Å². The van der Waals surface area contributed by atoms with E-state index in [1.165, 1.54) is 29.2 Å². The Hall–Kier alpha value is -4.44. The fourth-order valence-electron chi connectivity index (χ4n) is 3.93. The maximum absolute atomic E-state index is 13.1. The van der Waals surface area contributed by atoms with Gasteiger partial charge in [-0.3, -0.25) is 28.6 Å². The van der Waals surface area contributed by atoms with Crippen molar-refractivity contribution in [3.8, 4) is 0 Å². The molecule has 0 aliphatic carbocycles. The van der Waals surface area contributed by atoms with Crippen molar-refractivity contribution in [2.45, 2.75) is 18.4 Å². The van der Waals surface area contributed by atoms with Gasteiger partial charge < -0.3 is 10.5 Å². The number of methoxy groups -OCH3 is 1. The largest absolute Gasteiger partial charge is 0.467 e. The standard InChI is InChI=1S/C25H22N4O6/c1-35-24(34)25(26,13-17-14-28(15-27-17)21(31)16-7-3-2-4-8-16)20(30)11-12-29-22(32)18-9-5-6-10-19(18)23(29)33/h2-10,14-15H,11-13,26H2,1H3. The van der Waals surface area contributed by atoms with Crippen LogP contribution in [-0.4, -0.2) is 63.1 Å². The lowest BCUT2D eigenvalue weighted by molar-refractivity contribution is -0.151. The van der Waals surface area contributed by atoms with Gasteiger partial charge in [0.05, 0.1) is 23.9 Å². The summed E-state index contributed by atoms with van der Waals surface area (Å²) < 4.78 is 5.99. The van der Waals surface area contributed by atoms with Crippen LogP contribution in [0.5, 0.6) is 0 Å². The summed E-state index contributed by atoms with van der Waals surface area (Å²) in [5, 5.41) is 0. The number of ether oxygens (including phenoxy) is 1. The van der Waals surface area contributed by atoms with Crippen LogP contribution in [-0.2, 0) is 20.7 Å². The molecular weight excluding hydrogens is 452 g/mol. The van der Waals surface area contributed by atoms with Crippen LogP contribution in [0.4, 0.5) is 0 Å². The van der Waals surface area contributed by atoms with E-state index in [0.717, 1.165) is 12.0 Å². The number of rotatable bonds is 8. The van der Waals surface area contributed by atoms with E-state index < -0.39 is 29.1 Å². The molecule has 35 heavy (non-hydrogen) atoms. The van der Waals surface area contributed by atoms with Crippen LogP contribution in [0.3, 0.4) is 0 Å². The molecule has 3 aromatic rings. The van der Waals surface area contributed by atoms with Crippen LogP contribution >= 0.6 is 0 Å². The molecule has 10 heteroatoms. The molecule has 0 fully saturated rings. The number of hydrogen-bond donors (Lipinski definition) is 1. The fraction of sp³-hybridized carbons (Fsp3) is 0.200. The van der Waals surface area contributed by atoms with Gasteiger partial charge in [-0.15, -0.1) is 0 Å². The lowest BCUT2D eigenvalue weighted by atomic mass is 9.88. The highest BCUT2D eigenvalue weighted by molar-refractivity contribution is 6.21. The number of aromatic nitrogens is 2. The molecule has 0 saturated carbocycles. The third-order valence-electron chi connectivity index (χ3n) is 5.84. The molecule has 0 radical (unpaired) electrons. The number of nitrogens with two attached hydrogens (primary N) is 1. The zero-order valence-electron chi connectivity index (χ0n) is 18.8. The quantitative estimate of drug-likeness (QED) is 0.292. The number of benzene rings is 2. The summed E-state index contributed by atoms with van der Waals surface area (Å²) in [6.45, 7) is -0.248. The van der Waals surface area contributed by atoms with E-state index >= 15 is 0 Å². The van der Waals surface area contributed by atoms with Crippen molar-refractivity contribution in [1.82, 2.24) is 14.5 Å². The molecule has 178 valence electrons. The second-order valence-electron chi connectivity index (χ2n) is 8.06. The molecule has 2 aromatic carbocycles. The van der Waals surface area contributed by atoms with Gasteiger partial charge >= 0.3 is 5.97 Å². The van der Waals surface area contributed by atoms with Gasteiger partial charge in [-0.2, -0.15) is 0 Å². The third-order valence-corrected chi connectivity index (χ3v) is 5.84. The molecule has 1 aliphatic rings. The van der Waals surface area contributed by atoms with Crippen molar-refractivity contribution in [2.75, 3.05) is 13.7 Å².